The average Bonchev–Trinajstić information content (AvgIpc) is 3.96. The Morgan fingerprint density at radius 1 is 0.632 bits per heavy atom. The van der Waals surface area contributed by atoms with E-state index >= 15 is 0 Å². The van der Waals surface area contributed by atoms with E-state index in [0.29, 0.717) is 0 Å². The second-order valence-electron chi connectivity index (χ2n) is 18.4. The standard InChI is InChI=1S/C45H27N2S.C17H22GeN.Ir/c1-3-12-29(13-4-1)32-17-11-18-33(28-32)47-40-27-26-36-34-19-8-7-16-31(34)22-23-37(36)43(40)46-45(47)39-25-24-35(30-14-5-2-6-15-30)42-38-20-9-10-21-41(38)48-44(39)42;1-13(2)15-11-17(14-9-7-6-8-10-14)19-12-16(15)18(3,4)5;/h1-24,26-28H;6-9,11-13H,1-5H3;/q2*-1;/i;13D;. The number of pyridine rings is 1. The monoisotopic (exact) mass is 1140 g/mol. The molecule has 0 unspecified atom stereocenters. The third-order valence-electron chi connectivity index (χ3n) is 12.8. The fourth-order valence-electron chi connectivity index (χ4n) is 9.46. The summed E-state index contributed by atoms with van der Waals surface area (Å²) in [6, 6.07) is 75.5. The molecule has 0 spiro atoms. The normalized spacial score (nSPS) is 12.0. The van der Waals surface area contributed by atoms with Crippen LogP contribution < -0.4 is 4.40 Å². The number of fused-ring (bicyclic) bond motifs is 8. The minimum absolute atomic E-state index is 0. The maximum absolute atomic E-state index is 8.44. The van der Waals surface area contributed by atoms with Crippen LogP contribution in [0.3, 0.4) is 0 Å². The summed E-state index contributed by atoms with van der Waals surface area (Å²) in [5, 5.41) is 7.35. The first-order chi connectivity index (χ1) is 33.0. The SMILES string of the molecule is [2H]C(C)(C)c1cc(-c2[c-]cccc2)nc[c]1[Ge]([CH3])([CH3])[CH3].[Ir].[c-]1cc(-c2ccccc2)c2c(sc3ccccc32)c1-c1nc2c3ccc4ccccc4c3ccc2n1-c1cccc(-c2ccccc2)c1. The second kappa shape index (κ2) is 18.9. The molecule has 12 rings (SSSR count). The Kier molecular flexibility index (Phi) is 12.2. The van der Waals surface area contributed by atoms with Crippen LogP contribution in [0.2, 0.25) is 17.3 Å². The van der Waals surface area contributed by atoms with E-state index in [9.17, 15) is 0 Å². The summed E-state index contributed by atoms with van der Waals surface area (Å²) >= 11 is -0.199. The minimum Gasteiger partial charge on any atom is -0.333 e. The molecule has 1 radical (unpaired) electrons. The van der Waals surface area contributed by atoms with E-state index in [-0.39, 0.29) is 20.1 Å². The molecule has 0 bridgehead atoms. The largest absolute Gasteiger partial charge is 0.333 e. The summed E-state index contributed by atoms with van der Waals surface area (Å²) in [4.78, 5) is 10.2. The van der Waals surface area contributed by atoms with Crippen LogP contribution in [0.5, 0.6) is 0 Å². The Bertz CT molecular complexity index is 3820. The zero-order chi connectivity index (χ0) is 46.6. The number of thiophene rings is 1. The van der Waals surface area contributed by atoms with Crippen LogP contribution in [0, 0.1) is 12.1 Å². The van der Waals surface area contributed by atoms with Gasteiger partial charge in [-0.05, 0) is 61.6 Å². The van der Waals surface area contributed by atoms with Crippen molar-refractivity contribution in [2.24, 2.45) is 0 Å². The number of benzene rings is 9. The molecule has 3 nitrogen and oxygen atoms in total. The third kappa shape index (κ3) is 8.43. The van der Waals surface area contributed by atoms with Crippen molar-refractivity contribution >= 4 is 81.7 Å². The van der Waals surface area contributed by atoms with Gasteiger partial charge < -0.3 is 4.57 Å². The Balaban J connectivity index is 0.000000223. The van der Waals surface area contributed by atoms with Crippen molar-refractivity contribution < 1.29 is 21.5 Å². The third-order valence-corrected chi connectivity index (χ3v) is 18.2. The van der Waals surface area contributed by atoms with Gasteiger partial charge in [0.2, 0.25) is 0 Å². The number of aromatic nitrogens is 3. The molecule has 0 N–H and O–H groups in total. The van der Waals surface area contributed by atoms with Gasteiger partial charge >= 0.3 is 120 Å². The molecule has 3 aromatic heterocycles. The molecule has 0 aliphatic rings. The van der Waals surface area contributed by atoms with E-state index in [1.165, 1.54) is 63.0 Å². The first-order valence-electron chi connectivity index (χ1n) is 23.4. The van der Waals surface area contributed by atoms with E-state index < -0.39 is 19.2 Å². The predicted octanol–water partition coefficient (Wildman–Crippen LogP) is 16.7. The van der Waals surface area contributed by atoms with Crippen LogP contribution in [-0.4, -0.2) is 27.8 Å². The summed E-state index contributed by atoms with van der Waals surface area (Å²) in [5.74, 6) is 7.34. The minimum atomic E-state index is -2.03. The van der Waals surface area contributed by atoms with Crippen molar-refractivity contribution in [2.45, 2.75) is 37.0 Å². The Hall–Kier alpha value is -6.47. The summed E-state index contributed by atoms with van der Waals surface area (Å²) in [6.07, 6.45) is 2.00. The topological polar surface area (TPSA) is 30.7 Å². The van der Waals surface area contributed by atoms with Crippen molar-refractivity contribution in [2.75, 3.05) is 0 Å². The van der Waals surface area contributed by atoms with E-state index in [1.54, 1.807) is 0 Å². The molecule has 0 aliphatic heterocycles. The molecule has 12 aromatic rings. The van der Waals surface area contributed by atoms with E-state index in [0.717, 1.165) is 50.3 Å². The molecule has 0 aliphatic carbocycles. The molecular formula is C62H49GeIrN3S-2. The first kappa shape index (κ1) is 44.1. The van der Waals surface area contributed by atoms with Crippen molar-refractivity contribution in [1.29, 1.82) is 0 Å². The molecule has 333 valence electrons. The smallest absolute Gasteiger partial charge is 0.0852 e. The second-order valence-corrected chi connectivity index (χ2v) is 30.0. The fourth-order valence-corrected chi connectivity index (χ4v) is 14.0. The van der Waals surface area contributed by atoms with Crippen LogP contribution in [0.25, 0.3) is 103 Å². The van der Waals surface area contributed by atoms with Gasteiger partial charge in [-0.15, -0.1) is 12.1 Å². The quantitative estimate of drug-likeness (QED) is 0.0905. The van der Waals surface area contributed by atoms with Crippen molar-refractivity contribution in [3.8, 4) is 50.6 Å². The fraction of sp³-hybridized carbons (Fsp3) is 0.0968. The molecular weight excluding hydrogens is 1080 g/mol. The van der Waals surface area contributed by atoms with Gasteiger partial charge in [-0.1, -0.05) is 156 Å². The van der Waals surface area contributed by atoms with Crippen LogP contribution in [0.15, 0.2) is 200 Å². The molecule has 3 heterocycles. The molecule has 6 heteroatoms. The number of hydrogen-bond donors (Lipinski definition) is 0. The van der Waals surface area contributed by atoms with E-state index in [2.05, 4.69) is 209 Å². The Morgan fingerprint density at radius 3 is 2.07 bits per heavy atom. The van der Waals surface area contributed by atoms with Gasteiger partial charge in [0, 0.05) is 35.9 Å². The maximum Gasteiger partial charge on any atom is 0.0852 e. The Morgan fingerprint density at radius 2 is 1.32 bits per heavy atom. The molecule has 0 saturated heterocycles. The number of imidazole rings is 1. The molecule has 68 heavy (non-hydrogen) atoms. The van der Waals surface area contributed by atoms with Crippen LogP contribution in [-0.2, 0) is 20.1 Å². The Labute approximate surface area is 420 Å². The van der Waals surface area contributed by atoms with E-state index in [4.69, 9.17) is 6.35 Å². The van der Waals surface area contributed by atoms with Gasteiger partial charge in [-0.3, -0.25) is 4.98 Å². The summed E-state index contributed by atoms with van der Waals surface area (Å²) in [5.41, 5.74) is 11.9. The molecule has 0 fully saturated rings. The van der Waals surface area contributed by atoms with Crippen LogP contribution in [0.1, 0.15) is 26.7 Å². The summed E-state index contributed by atoms with van der Waals surface area (Å²) < 4.78 is 14.6. The first-order valence-corrected chi connectivity index (χ1v) is 31.1. The zero-order valence-corrected chi connectivity index (χ0v) is 43.9. The van der Waals surface area contributed by atoms with Crippen molar-refractivity contribution in [3.63, 3.8) is 0 Å². The van der Waals surface area contributed by atoms with Crippen LogP contribution in [0.4, 0.5) is 0 Å². The molecule has 9 aromatic carbocycles. The van der Waals surface area contributed by atoms with E-state index in [1.807, 2.05) is 55.6 Å². The number of hydrogen-bond acceptors (Lipinski definition) is 3. The predicted molar refractivity (Wildman–Crippen MR) is 290 cm³/mol. The summed E-state index contributed by atoms with van der Waals surface area (Å²) in [6.45, 7) is 3.91. The van der Waals surface area contributed by atoms with Crippen LogP contribution >= 0.6 is 11.3 Å². The van der Waals surface area contributed by atoms with Gasteiger partial charge in [0.05, 0.1) is 16.9 Å². The molecule has 0 atom stereocenters. The number of nitrogens with zero attached hydrogens (tertiary/aromatic N) is 3. The van der Waals surface area contributed by atoms with Gasteiger partial charge in [0.25, 0.3) is 0 Å². The molecule has 0 saturated carbocycles. The maximum atomic E-state index is 8.44. The van der Waals surface area contributed by atoms with Gasteiger partial charge in [0.15, 0.2) is 0 Å². The van der Waals surface area contributed by atoms with Gasteiger partial charge in [0.1, 0.15) is 0 Å². The zero-order valence-electron chi connectivity index (χ0n) is 39.6. The number of rotatable bonds is 7. The van der Waals surface area contributed by atoms with Crippen molar-refractivity contribution in [1.82, 2.24) is 14.5 Å². The average molecular weight is 1130 g/mol. The van der Waals surface area contributed by atoms with Crippen molar-refractivity contribution in [3.05, 3.63) is 218 Å². The summed E-state index contributed by atoms with van der Waals surface area (Å²) in [7, 11) is 0. The van der Waals surface area contributed by atoms with Gasteiger partial charge in [-0.2, -0.15) is 11.3 Å². The van der Waals surface area contributed by atoms with Gasteiger partial charge in [-0.25, -0.2) is 0 Å². The molecule has 0 amide bonds.